The van der Waals surface area contributed by atoms with Gasteiger partial charge in [-0.1, -0.05) is 38.7 Å². The highest BCUT2D eigenvalue weighted by atomic mass is 32.2. The van der Waals surface area contributed by atoms with Crippen LogP contribution in [-0.4, -0.2) is 50.2 Å². The maximum absolute atomic E-state index is 12.9. The Bertz CT molecular complexity index is 869. The lowest BCUT2D eigenvalue weighted by Gasteiger charge is -2.31. The summed E-state index contributed by atoms with van der Waals surface area (Å²) in [6.45, 7) is 4.77. The van der Waals surface area contributed by atoms with Gasteiger partial charge >= 0.3 is 0 Å². The quantitative estimate of drug-likeness (QED) is 0.599. The van der Waals surface area contributed by atoms with Gasteiger partial charge in [-0.3, -0.25) is 9.59 Å². The maximum Gasteiger partial charge on any atom is 0.251 e. The molecule has 1 saturated heterocycles. The van der Waals surface area contributed by atoms with Crippen LogP contribution >= 0.6 is 0 Å². The molecular weight excluding hydrogens is 414 g/mol. The topological polar surface area (TPSA) is 95.6 Å². The van der Waals surface area contributed by atoms with E-state index in [-0.39, 0.29) is 22.8 Å². The summed E-state index contributed by atoms with van der Waals surface area (Å²) in [5.41, 5.74) is 0.466. The number of nitrogens with one attached hydrogen (secondary N) is 2. The number of rotatable bonds is 8. The summed E-state index contributed by atoms with van der Waals surface area (Å²) in [5.74, 6) is 0.295. The fraction of sp³-hybridized carbons (Fsp3) is 0.565. The monoisotopic (exact) mass is 447 g/mol. The molecule has 0 bridgehead atoms. The number of piperidine rings is 1. The van der Waals surface area contributed by atoms with E-state index in [0.717, 1.165) is 6.42 Å². The van der Waals surface area contributed by atoms with E-state index in [2.05, 4.69) is 17.2 Å². The summed E-state index contributed by atoms with van der Waals surface area (Å²) >= 11 is 0. The molecular formula is C23H33N3O4S. The fourth-order valence-electron chi connectivity index (χ4n) is 4.40. The molecule has 1 aliphatic carbocycles. The minimum atomic E-state index is -3.62. The van der Waals surface area contributed by atoms with Gasteiger partial charge in [0.15, 0.2) is 0 Å². The number of hydrogen-bond acceptors (Lipinski definition) is 4. The van der Waals surface area contributed by atoms with Gasteiger partial charge < -0.3 is 10.6 Å². The van der Waals surface area contributed by atoms with Gasteiger partial charge in [-0.05, 0) is 55.5 Å². The summed E-state index contributed by atoms with van der Waals surface area (Å²) in [4.78, 5) is 24.0. The Balaban J connectivity index is 1.50. The molecule has 8 heteroatoms. The summed E-state index contributed by atoms with van der Waals surface area (Å²) in [6, 6.07) is 6.09. The van der Waals surface area contributed by atoms with Crippen molar-refractivity contribution in [1.29, 1.82) is 0 Å². The van der Waals surface area contributed by atoms with Crippen LogP contribution < -0.4 is 10.6 Å². The first-order valence-corrected chi connectivity index (χ1v) is 12.7. The average molecular weight is 448 g/mol. The summed E-state index contributed by atoms with van der Waals surface area (Å²) in [5, 5.41) is 5.77. The van der Waals surface area contributed by atoms with Crippen LogP contribution in [0.25, 0.3) is 0 Å². The highest BCUT2D eigenvalue weighted by Gasteiger charge is 2.29. The molecule has 1 saturated carbocycles. The summed E-state index contributed by atoms with van der Waals surface area (Å²) in [6.07, 6.45) is 9.73. The third kappa shape index (κ3) is 6.40. The van der Waals surface area contributed by atoms with Crippen LogP contribution in [0.4, 0.5) is 0 Å². The molecule has 0 atom stereocenters. The minimum Gasteiger partial charge on any atom is -0.352 e. The van der Waals surface area contributed by atoms with Crippen molar-refractivity contribution in [2.45, 2.75) is 62.3 Å². The van der Waals surface area contributed by atoms with Gasteiger partial charge in [0.1, 0.15) is 0 Å². The lowest BCUT2D eigenvalue weighted by Crippen LogP contribution is -2.46. The molecule has 170 valence electrons. The standard InChI is InChI=1S/C23H33N3O4S/c1-2-22(27)25-20-13-16-26(17-14-20)31(29,30)21-10-8-19(9-11-21)23(28)24-15-12-18-6-4-3-5-7-18/h2,8-11,18,20H,1,3-7,12-17H2,(H,24,28)(H,25,27). The molecule has 2 fully saturated rings. The van der Waals surface area contributed by atoms with E-state index in [1.54, 1.807) is 12.1 Å². The van der Waals surface area contributed by atoms with Crippen molar-refractivity contribution >= 4 is 21.8 Å². The zero-order valence-electron chi connectivity index (χ0n) is 18.0. The van der Waals surface area contributed by atoms with Crippen molar-refractivity contribution in [3.8, 4) is 0 Å². The molecule has 0 unspecified atom stereocenters. The van der Waals surface area contributed by atoms with Crippen LogP contribution in [-0.2, 0) is 14.8 Å². The lowest BCUT2D eigenvalue weighted by molar-refractivity contribution is -0.117. The zero-order valence-corrected chi connectivity index (χ0v) is 18.8. The van der Waals surface area contributed by atoms with Crippen LogP contribution in [0.1, 0.15) is 61.7 Å². The molecule has 0 radical (unpaired) electrons. The number of sulfonamides is 1. The van der Waals surface area contributed by atoms with E-state index in [1.165, 1.54) is 54.6 Å². The molecule has 7 nitrogen and oxygen atoms in total. The molecule has 0 spiro atoms. The van der Waals surface area contributed by atoms with Crippen LogP contribution in [0.3, 0.4) is 0 Å². The third-order valence-electron chi connectivity index (χ3n) is 6.30. The molecule has 2 N–H and O–H groups in total. The molecule has 1 heterocycles. The Morgan fingerprint density at radius 3 is 2.29 bits per heavy atom. The lowest BCUT2D eigenvalue weighted by atomic mass is 9.87. The number of carbonyl (C=O) groups excluding carboxylic acids is 2. The van der Waals surface area contributed by atoms with Crippen molar-refractivity contribution in [2.24, 2.45) is 5.92 Å². The van der Waals surface area contributed by atoms with E-state index in [1.807, 2.05) is 0 Å². The highest BCUT2D eigenvalue weighted by molar-refractivity contribution is 7.89. The van der Waals surface area contributed by atoms with Gasteiger partial charge in [0.25, 0.3) is 5.91 Å². The molecule has 1 aromatic rings. The van der Waals surface area contributed by atoms with Crippen molar-refractivity contribution < 1.29 is 18.0 Å². The first kappa shape index (κ1) is 23.5. The van der Waals surface area contributed by atoms with Crippen molar-refractivity contribution in [3.63, 3.8) is 0 Å². The van der Waals surface area contributed by atoms with Gasteiger partial charge in [0.05, 0.1) is 4.90 Å². The summed E-state index contributed by atoms with van der Waals surface area (Å²) in [7, 11) is -3.62. The van der Waals surface area contributed by atoms with E-state index >= 15 is 0 Å². The molecule has 1 aliphatic heterocycles. The highest BCUT2D eigenvalue weighted by Crippen LogP contribution is 2.26. The Morgan fingerprint density at radius 2 is 1.68 bits per heavy atom. The number of carbonyl (C=O) groups is 2. The van der Waals surface area contributed by atoms with Crippen LogP contribution in [0.2, 0.25) is 0 Å². The normalized spacial score (nSPS) is 19.0. The molecule has 0 aromatic heterocycles. The second-order valence-electron chi connectivity index (χ2n) is 8.46. The first-order valence-electron chi connectivity index (χ1n) is 11.2. The number of hydrogen-bond donors (Lipinski definition) is 2. The molecule has 3 rings (SSSR count). The molecule has 2 aliphatic rings. The second-order valence-corrected chi connectivity index (χ2v) is 10.4. The predicted molar refractivity (Wildman–Crippen MR) is 120 cm³/mol. The Hall–Kier alpha value is -2.19. The summed E-state index contributed by atoms with van der Waals surface area (Å²) < 4.78 is 27.3. The third-order valence-corrected chi connectivity index (χ3v) is 8.22. The van der Waals surface area contributed by atoms with Crippen LogP contribution in [0.15, 0.2) is 41.8 Å². The van der Waals surface area contributed by atoms with Crippen molar-refractivity contribution in [2.75, 3.05) is 19.6 Å². The maximum atomic E-state index is 12.9. The SMILES string of the molecule is C=CC(=O)NC1CCN(S(=O)(=O)c2ccc(C(=O)NCCC3CCCCC3)cc2)CC1. The average Bonchev–Trinajstić information content (AvgIpc) is 2.80. The van der Waals surface area contributed by atoms with Crippen LogP contribution in [0.5, 0.6) is 0 Å². The first-order chi connectivity index (χ1) is 14.9. The largest absolute Gasteiger partial charge is 0.352 e. The van der Waals surface area contributed by atoms with Crippen molar-refractivity contribution in [1.82, 2.24) is 14.9 Å². The van der Waals surface area contributed by atoms with Gasteiger partial charge in [-0.25, -0.2) is 8.42 Å². The Labute approximate surface area is 185 Å². The second kappa shape index (κ2) is 10.9. The number of amides is 2. The zero-order chi connectivity index (χ0) is 22.3. The van der Waals surface area contributed by atoms with E-state index in [0.29, 0.717) is 44.0 Å². The number of nitrogens with zero attached hydrogens (tertiary/aromatic N) is 1. The number of benzene rings is 1. The van der Waals surface area contributed by atoms with Gasteiger partial charge in [0.2, 0.25) is 15.9 Å². The molecule has 1 aromatic carbocycles. The van der Waals surface area contributed by atoms with Crippen molar-refractivity contribution in [3.05, 3.63) is 42.5 Å². The fourth-order valence-corrected chi connectivity index (χ4v) is 5.87. The van der Waals surface area contributed by atoms with Crippen LogP contribution in [0, 0.1) is 5.92 Å². The van der Waals surface area contributed by atoms with E-state index in [9.17, 15) is 18.0 Å². The van der Waals surface area contributed by atoms with E-state index < -0.39 is 10.0 Å². The Morgan fingerprint density at radius 1 is 1.03 bits per heavy atom. The smallest absolute Gasteiger partial charge is 0.251 e. The van der Waals surface area contributed by atoms with Gasteiger partial charge in [-0.2, -0.15) is 4.31 Å². The Kier molecular flexibility index (Phi) is 8.26. The minimum absolute atomic E-state index is 0.0448. The van der Waals surface area contributed by atoms with Gasteiger partial charge in [0, 0.05) is 31.2 Å². The molecule has 31 heavy (non-hydrogen) atoms. The van der Waals surface area contributed by atoms with E-state index in [4.69, 9.17) is 0 Å². The van der Waals surface area contributed by atoms with Gasteiger partial charge in [-0.15, -0.1) is 0 Å². The molecule has 2 amide bonds. The predicted octanol–water partition coefficient (Wildman–Crippen LogP) is 2.84.